The number of methoxy groups -OCH3 is 1. The van der Waals surface area contributed by atoms with Gasteiger partial charge in [0.05, 0.1) is 30.5 Å². The lowest BCUT2D eigenvalue weighted by atomic mass is 9.97. The smallest absolute Gasteiger partial charge is 0.261 e. The second-order valence-corrected chi connectivity index (χ2v) is 8.15. The molecule has 3 aromatic carbocycles. The van der Waals surface area contributed by atoms with Gasteiger partial charge in [0.1, 0.15) is 5.75 Å². The summed E-state index contributed by atoms with van der Waals surface area (Å²) >= 11 is 6.07. The van der Waals surface area contributed by atoms with Gasteiger partial charge in [0.15, 0.2) is 0 Å². The minimum Gasteiger partial charge on any atom is -0.497 e. The van der Waals surface area contributed by atoms with E-state index >= 15 is 0 Å². The molecule has 0 saturated heterocycles. The van der Waals surface area contributed by atoms with Gasteiger partial charge >= 0.3 is 0 Å². The van der Waals surface area contributed by atoms with E-state index in [4.69, 9.17) is 21.3 Å². The van der Waals surface area contributed by atoms with E-state index in [1.54, 1.807) is 37.6 Å². The highest BCUT2D eigenvalue weighted by atomic mass is 35.5. The van der Waals surface area contributed by atoms with Crippen LogP contribution in [0.1, 0.15) is 26.3 Å². The Hall–Kier alpha value is -3.96. The van der Waals surface area contributed by atoms with E-state index in [-0.39, 0.29) is 18.4 Å². The Morgan fingerprint density at radius 3 is 2.03 bits per heavy atom. The zero-order valence-electron chi connectivity index (χ0n) is 17.8. The molecule has 5 nitrogen and oxygen atoms in total. The molecule has 5 rings (SSSR count). The van der Waals surface area contributed by atoms with Crippen LogP contribution in [0.4, 0.5) is 0 Å². The van der Waals surface area contributed by atoms with Crippen LogP contribution < -0.4 is 4.74 Å². The Morgan fingerprint density at radius 1 is 0.818 bits per heavy atom. The van der Waals surface area contributed by atoms with Crippen molar-refractivity contribution < 1.29 is 14.3 Å². The second kappa shape index (κ2) is 8.52. The monoisotopic (exact) mass is 454 g/mol. The van der Waals surface area contributed by atoms with Crippen molar-refractivity contribution in [1.82, 2.24) is 9.88 Å². The third-order valence-corrected chi connectivity index (χ3v) is 5.93. The molecule has 33 heavy (non-hydrogen) atoms. The number of aromatic nitrogens is 1. The Labute approximate surface area is 196 Å². The number of halogens is 1. The third-order valence-electron chi connectivity index (χ3n) is 5.68. The van der Waals surface area contributed by atoms with Crippen LogP contribution in [-0.2, 0) is 6.54 Å². The van der Waals surface area contributed by atoms with Crippen molar-refractivity contribution in [3.8, 4) is 28.1 Å². The van der Waals surface area contributed by atoms with Crippen LogP contribution >= 0.6 is 11.6 Å². The molecule has 0 fully saturated rings. The first-order valence-corrected chi connectivity index (χ1v) is 10.8. The molecule has 1 aliphatic heterocycles. The summed E-state index contributed by atoms with van der Waals surface area (Å²) in [6, 6.07) is 24.0. The molecule has 1 aliphatic rings. The van der Waals surface area contributed by atoms with Crippen LogP contribution in [0.3, 0.4) is 0 Å². The minimum absolute atomic E-state index is 0.142. The number of imide groups is 1. The molecule has 4 aromatic rings. The molecule has 0 atom stereocenters. The Kier molecular flexibility index (Phi) is 5.40. The molecule has 2 amide bonds. The lowest BCUT2D eigenvalue weighted by Crippen LogP contribution is -2.29. The minimum atomic E-state index is -0.289. The summed E-state index contributed by atoms with van der Waals surface area (Å²) in [5.74, 6) is 0.175. The summed E-state index contributed by atoms with van der Waals surface area (Å²) in [5.41, 5.74) is 5.15. The average molecular weight is 455 g/mol. The number of carbonyl (C=O) groups is 2. The van der Waals surface area contributed by atoms with Gasteiger partial charge in [-0.05, 0) is 53.6 Å². The fraction of sp³-hybridized carbons (Fsp3) is 0.0741. The molecular weight excluding hydrogens is 436 g/mol. The van der Waals surface area contributed by atoms with Gasteiger partial charge in [-0.2, -0.15) is 0 Å². The van der Waals surface area contributed by atoms with Crippen LogP contribution in [0.25, 0.3) is 22.4 Å². The van der Waals surface area contributed by atoms with Gasteiger partial charge in [-0.3, -0.25) is 19.5 Å². The maximum atomic E-state index is 12.8. The molecule has 6 heteroatoms. The van der Waals surface area contributed by atoms with Crippen molar-refractivity contribution in [3.05, 3.63) is 107 Å². The first kappa shape index (κ1) is 20.9. The maximum absolute atomic E-state index is 12.8. The standard InChI is InChI=1S/C27H19ClN2O3/c1-33-21-12-8-18(9-13-21)24-14-17(15-29-25(24)19-6-10-20(28)11-7-19)16-30-26(31)22-4-2-3-5-23(22)27(30)32/h2-15H,16H2,1H3. The van der Waals surface area contributed by atoms with Crippen LogP contribution in [-0.4, -0.2) is 28.8 Å². The highest BCUT2D eigenvalue weighted by Crippen LogP contribution is 2.33. The predicted octanol–water partition coefficient (Wildman–Crippen LogP) is 5.87. The fourth-order valence-electron chi connectivity index (χ4n) is 3.99. The van der Waals surface area contributed by atoms with Crippen molar-refractivity contribution in [2.45, 2.75) is 6.54 Å². The Bertz CT molecular complexity index is 1330. The van der Waals surface area contributed by atoms with E-state index in [1.165, 1.54) is 4.90 Å². The topological polar surface area (TPSA) is 59.5 Å². The number of benzene rings is 3. The molecule has 0 unspecified atom stereocenters. The largest absolute Gasteiger partial charge is 0.497 e. The van der Waals surface area contributed by atoms with Gasteiger partial charge in [0.25, 0.3) is 11.8 Å². The van der Waals surface area contributed by atoms with E-state index < -0.39 is 0 Å². The van der Waals surface area contributed by atoms with Gasteiger partial charge in [-0.25, -0.2) is 0 Å². The zero-order valence-corrected chi connectivity index (χ0v) is 18.5. The van der Waals surface area contributed by atoms with E-state index in [1.807, 2.05) is 54.6 Å². The number of ether oxygens (including phenoxy) is 1. The Balaban J connectivity index is 1.55. The molecular formula is C27H19ClN2O3. The number of pyridine rings is 1. The average Bonchev–Trinajstić information content (AvgIpc) is 3.10. The first-order valence-electron chi connectivity index (χ1n) is 10.4. The summed E-state index contributed by atoms with van der Waals surface area (Å²) in [7, 11) is 1.62. The van der Waals surface area contributed by atoms with Crippen LogP contribution in [0.5, 0.6) is 5.75 Å². The van der Waals surface area contributed by atoms with E-state index in [9.17, 15) is 9.59 Å². The molecule has 0 radical (unpaired) electrons. The molecule has 2 heterocycles. The second-order valence-electron chi connectivity index (χ2n) is 7.72. The number of carbonyl (C=O) groups excluding carboxylic acids is 2. The molecule has 0 saturated carbocycles. The van der Waals surface area contributed by atoms with Crippen molar-refractivity contribution in [2.75, 3.05) is 7.11 Å². The third kappa shape index (κ3) is 3.88. The van der Waals surface area contributed by atoms with Crippen LogP contribution in [0.15, 0.2) is 85.1 Å². The lowest BCUT2D eigenvalue weighted by molar-refractivity contribution is 0.0642. The van der Waals surface area contributed by atoms with Gasteiger partial charge in [-0.15, -0.1) is 0 Å². The summed E-state index contributed by atoms with van der Waals surface area (Å²) < 4.78 is 5.29. The molecule has 0 spiro atoms. The summed E-state index contributed by atoms with van der Waals surface area (Å²) in [4.78, 5) is 31.6. The predicted molar refractivity (Wildman–Crippen MR) is 127 cm³/mol. The van der Waals surface area contributed by atoms with Crippen molar-refractivity contribution in [3.63, 3.8) is 0 Å². The van der Waals surface area contributed by atoms with E-state index in [0.717, 1.165) is 33.7 Å². The van der Waals surface area contributed by atoms with Gasteiger partial charge in [-0.1, -0.05) is 48.0 Å². The number of fused-ring (bicyclic) bond motifs is 1. The summed E-state index contributed by atoms with van der Waals surface area (Å²) in [5, 5.41) is 0.645. The van der Waals surface area contributed by atoms with Gasteiger partial charge < -0.3 is 4.74 Å². The number of nitrogens with zero attached hydrogens (tertiary/aromatic N) is 2. The zero-order chi connectivity index (χ0) is 22.9. The number of hydrogen-bond acceptors (Lipinski definition) is 4. The SMILES string of the molecule is COc1ccc(-c2cc(CN3C(=O)c4ccccc4C3=O)cnc2-c2ccc(Cl)cc2)cc1. The molecule has 1 aromatic heterocycles. The maximum Gasteiger partial charge on any atom is 0.261 e. The van der Waals surface area contributed by atoms with E-state index in [0.29, 0.717) is 16.1 Å². The highest BCUT2D eigenvalue weighted by molar-refractivity contribution is 6.30. The number of amides is 2. The Morgan fingerprint density at radius 2 is 1.42 bits per heavy atom. The number of rotatable bonds is 5. The van der Waals surface area contributed by atoms with Gasteiger partial charge in [0, 0.05) is 22.3 Å². The van der Waals surface area contributed by atoms with Gasteiger partial charge in [0.2, 0.25) is 0 Å². The summed E-state index contributed by atoms with van der Waals surface area (Å²) in [6.45, 7) is 0.142. The van der Waals surface area contributed by atoms with E-state index in [2.05, 4.69) is 0 Å². The van der Waals surface area contributed by atoms with Crippen molar-refractivity contribution in [1.29, 1.82) is 0 Å². The van der Waals surface area contributed by atoms with Crippen LogP contribution in [0.2, 0.25) is 5.02 Å². The normalized spacial score (nSPS) is 12.7. The molecule has 162 valence electrons. The lowest BCUT2D eigenvalue weighted by Gasteiger charge is -2.16. The summed E-state index contributed by atoms with van der Waals surface area (Å²) in [6.07, 6.45) is 1.71. The molecule has 0 aliphatic carbocycles. The molecule has 0 bridgehead atoms. The highest BCUT2D eigenvalue weighted by Gasteiger charge is 2.35. The quantitative estimate of drug-likeness (QED) is 0.354. The first-order chi connectivity index (χ1) is 16.0. The number of hydrogen-bond donors (Lipinski definition) is 0. The van der Waals surface area contributed by atoms with Crippen molar-refractivity contribution >= 4 is 23.4 Å². The van der Waals surface area contributed by atoms with Crippen molar-refractivity contribution in [2.24, 2.45) is 0 Å². The molecule has 0 N–H and O–H groups in total. The fourth-order valence-corrected chi connectivity index (χ4v) is 4.11. The van der Waals surface area contributed by atoms with Crippen LogP contribution in [0, 0.1) is 0 Å².